The summed E-state index contributed by atoms with van der Waals surface area (Å²) < 4.78 is 4.82. The molecule has 0 amide bonds. The summed E-state index contributed by atoms with van der Waals surface area (Å²) in [6.45, 7) is -0.475. The highest BCUT2D eigenvalue weighted by Gasteiger charge is 2.38. The lowest BCUT2D eigenvalue weighted by molar-refractivity contribution is -0.0684. The lowest BCUT2D eigenvalue weighted by atomic mass is 10.1. The SMILES string of the molecule is OCC(O)[C@H]1OC[C@H](O)[C@H]1O. The Hall–Kier alpha value is -0.200. The smallest absolute Gasteiger partial charge is 0.114 e. The molecular formula is C6H12O5. The molecule has 0 saturated carbocycles. The molecule has 0 bridgehead atoms. The maximum atomic E-state index is 9.11. The van der Waals surface area contributed by atoms with Gasteiger partial charge < -0.3 is 25.2 Å². The third kappa shape index (κ3) is 1.69. The van der Waals surface area contributed by atoms with E-state index in [0.717, 1.165) is 0 Å². The normalized spacial score (nSPS) is 40.9. The van der Waals surface area contributed by atoms with Gasteiger partial charge in [0.1, 0.15) is 24.4 Å². The summed E-state index contributed by atoms with van der Waals surface area (Å²) in [5, 5.41) is 35.5. The van der Waals surface area contributed by atoms with Crippen LogP contribution in [0.1, 0.15) is 0 Å². The first kappa shape index (κ1) is 8.89. The third-order valence-corrected chi connectivity index (χ3v) is 1.76. The van der Waals surface area contributed by atoms with Crippen molar-refractivity contribution in [3.63, 3.8) is 0 Å². The van der Waals surface area contributed by atoms with Crippen molar-refractivity contribution in [2.75, 3.05) is 13.2 Å². The van der Waals surface area contributed by atoms with Gasteiger partial charge in [-0.25, -0.2) is 0 Å². The van der Waals surface area contributed by atoms with Crippen molar-refractivity contribution in [3.8, 4) is 0 Å². The van der Waals surface area contributed by atoms with E-state index in [2.05, 4.69) is 0 Å². The van der Waals surface area contributed by atoms with Gasteiger partial charge in [0.05, 0.1) is 13.2 Å². The molecule has 0 aromatic heterocycles. The van der Waals surface area contributed by atoms with E-state index in [4.69, 9.17) is 25.2 Å². The van der Waals surface area contributed by atoms with Crippen molar-refractivity contribution < 1.29 is 25.2 Å². The van der Waals surface area contributed by atoms with Gasteiger partial charge in [-0.05, 0) is 0 Å². The Morgan fingerprint density at radius 1 is 1.45 bits per heavy atom. The van der Waals surface area contributed by atoms with Crippen LogP contribution in [0.5, 0.6) is 0 Å². The monoisotopic (exact) mass is 164 g/mol. The second-order valence-electron chi connectivity index (χ2n) is 2.61. The van der Waals surface area contributed by atoms with Crippen LogP contribution in [0.25, 0.3) is 0 Å². The van der Waals surface area contributed by atoms with Crippen LogP contribution in [0.4, 0.5) is 0 Å². The Morgan fingerprint density at radius 3 is 2.45 bits per heavy atom. The van der Waals surface area contributed by atoms with E-state index < -0.39 is 31.0 Å². The summed E-state index contributed by atoms with van der Waals surface area (Å²) in [4.78, 5) is 0. The van der Waals surface area contributed by atoms with Crippen molar-refractivity contribution in [1.82, 2.24) is 0 Å². The van der Waals surface area contributed by atoms with Gasteiger partial charge in [-0.3, -0.25) is 0 Å². The number of rotatable bonds is 2. The number of aliphatic hydroxyl groups excluding tert-OH is 4. The maximum absolute atomic E-state index is 9.11. The number of aliphatic hydroxyl groups is 4. The molecule has 5 heteroatoms. The van der Waals surface area contributed by atoms with Crippen LogP contribution in [0.2, 0.25) is 0 Å². The Kier molecular flexibility index (Phi) is 2.80. The van der Waals surface area contributed by atoms with Gasteiger partial charge >= 0.3 is 0 Å². The molecule has 1 aliphatic heterocycles. The van der Waals surface area contributed by atoms with Crippen molar-refractivity contribution >= 4 is 0 Å². The first-order valence-electron chi connectivity index (χ1n) is 3.43. The molecular weight excluding hydrogens is 152 g/mol. The minimum Gasteiger partial charge on any atom is -0.394 e. The highest BCUT2D eigenvalue weighted by Crippen LogP contribution is 2.16. The second kappa shape index (κ2) is 3.46. The predicted molar refractivity (Wildman–Crippen MR) is 34.8 cm³/mol. The number of hydrogen-bond acceptors (Lipinski definition) is 5. The fraction of sp³-hybridized carbons (Fsp3) is 1.00. The molecule has 66 valence electrons. The first-order valence-corrected chi connectivity index (χ1v) is 3.43. The number of ether oxygens (including phenoxy) is 1. The van der Waals surface area contributed by atoms with Crippen molar-refractivity contribution in [2.45, 2.75) is 24.4 Å². The molecule has 1 saturated heterocycles. The molecule has 1 unspecified atom stereocenters. The first-order chi connectivity index (χ1) is 5.16. The van der Waals surface area contributed by atoms with Crippen LogP contribution in [0.3, 0.4) is 0 Å². The summed E-state index contributed by atoms with van der Waals surface area (Å²) in [6.07, 6.45) is -4.05. The standard InChI is InChI=1S/C6H12O5/c7-1-3(8)6-5(10)4(9)2-11-6/h3-10H,1-2H2/t3?,4-,5+,6+/m0/s1. The fourth-order valence-electron chi connectivity index (χ4n) is 1.07. The molecule has 0 radical (unpaired) electrons. The molecule has 0 aliphatic carbocycles. The minimum atomic E-state index is -1.12. The average Bonchev–Trinajstić information content (AvgIpc) is 2.32. The molecule has 5 nitrogen and oxygen atoms in total. The fourth-order valence-corrected chi connectivity index (χ4v) is 1.07. The Balaban J connectivity index is 2.47. The zero-order chi connectivity index (χ0) is 8.43. The minimum absolute atomic E-state index is 0.00287. The Labute approximate surface area is 63.8 Å². The van der Waals surface area contributed by atoms with Crippen LogP contribution < -0.4 is 0 Å². The van der Waals surface area contributed by atoms with E-state index >= 15 is 0 Å². The van der Waals surface area contributed by atoms with E-state index in [1.807, 2.05) is 0 Å². The molecule has 4 atom stereocenters. The molecule has 11 heavy (non-hydrogen) atoms. The zero-order valence-corrected chi connectivity index (χ0v) is 5.92. The summed E-state index contributed by atoms with van der Waals surface area (Å²) in [5.41, 5.74) is 0. The molecule has 0 spiro atoms. The summed E-state index contributed by atoms with van der Waals surface area (Å²) in [7, 11) is 0. The highest BCUT2D eigenvalue weighted by atomic mass is 16.5. The van der Waals surface area contributed by atoms with Gasteiger partial charge in [0.15, 0.2) is 0 Å². The van der Waals surface area contributed by atoms with Crippen LogP contribution >= 0.6 is 0 Å². The van der Waals surface area contributed by atoms with Gasteiger partial charge in [-0.15, -0.1) is 0 Å². The number of hydrogen-bond donors (Lipinski definition) is 4. The van der Waals surface area contributed by atoms with E-state index in [1.54, 1.807) is 0 Å². The molecule has 4 N–H and O–H groups in total. The largest absolute Gasteiger partial charge is 0.394 e. The summed E-state index contributed by atoms with van der Waals surface area (Å²) in [5.74, 6) is 0. The van der Waals surface area contributed by atoms with E-state index in [-0.39, 0.29) is 6.61 Å². The molecule has 0 aromatic carbocycles. The van der Waals surface area contributed by atoms with Crippen LogP contribution in [-0.4, -0.2) is 58.1 Å². The van der Waals surface area contributed by atoms with Crippen molar-refractivity contribution in [2.24, 2.45) is 0 Å². The summed E-state index contributed by atoms with van der Waals surface area (Å²) >= 11 is 0. The second-order valence-corrected chi connectivity index (χ2v) is 2.61. The van der Waals surface area contributed by atoms with Crippen molar-refractivity contribution in [1.29, 1.82) is 0 Å². The zero-order valence-electron chi connectivity index (χ0n) is 5.92. The molecule has 1 heterocycles. The van der Waals surface area contributed by atoms with E-state index in [9.17, 15) is 0 Å². The third-order valence-electron chi connectivity index (χ3n) is 1.76. The van der Waals surface area contributed by atoms with Gasteiger partial charge in [-0.2, -0.15) is 0 Å². The Bertz CT molecular complexity index is 128. The molecule has 1 rings (SSSR count). The quantitative estimate of drug-likeness (QED) is 0.361. The van der Waals surface area contributed by atoms with Crippen molar-refractivity contribution in [3.05, 3.63) is 0 Å². The van der Waals surface area contributed by atoms with Gasteiger partial charge in [0.25, 0.3) is 0 Å². The van der Waals surface area contributed by atoms with Crippen LogP contribution in [0, 0.1) is 0 Å². The van der Waals surface area contributed by atoms with Gasteiger partial charge in [0, 0.05) is 0 Å². The van der Waals surface area contributed by atoms with Gasteiger partial charge in [0.2, 0.25) is 0 Å². The highest BCUT2D eigenvalue weighted by molar-refractivity contribution is 4.87. The van der Waals surface area contributed by atoms with Crippen LogP contribution in [0.15, 0.2) is 0 Å². The van der Waals surface area contributed by atoms with Gasteiger partial charge in [-0.1, -0.05) is 0 Å². The van der Waals surface area contributed by atoms with E-state index in [0.29, 0.717) is 0 Å². The lowest BCUT2D eigenvalue weighted by Gasteiger charge is -2.18. The Morgan fingerprint density at radius 2 is 2.09 bits per heavy atom. The van der Waals surface area contributed by atoms with Crippen LogP contribution in [-0.2, 0) is 4.74 Å². The molecule has 1 fully saturated rings. The molecule has 0 aromatic rings. The maximum Gasteiger partial charge on any atom is 0.114 e. The molecule has 1 aliphatic rings. The average molecular weight is 164 g/mol. The van der Waals surface area contributed by atoms with E-state index in [1.165, 1.54) is 0 Å². The lowest BCUT2D eigenvalue weighted by Crippen LogP contribution is -2.40. The predicted octanol–water partition coefficient (Wildman–Crippen LogP) is -2.54. The topological polar surface area (TPSA) is 90.2 Å². The summed E-state index contributed by atoms with van der Waals surface area (Å²) in [6, 6.07) is 0.